The standard InChI is InChI=1S/C18H26N2O6S2/c1-6-20(14-7-8-28(24,25)9-14)17(22)11(3)26-18(23)15-10(2)12(4)27-16(15)19-13(5)21/h11,14H,6-9H2,1-5H3,(H,19,21)/t11-,14-/m1/s1. The second-order valence-corrected chi connectivity index (χ2v) is 10.4. The van der Waals surface area contributed by atoms with Crippen LogP contribution in [0.5, 0.6) is 0 Å². The highest BCUT2D eigenvalue weighted by atomic mass is 32.2. The second-order valence-electron chi connectivity index (χ2n) is 6.90. The Morgan fingerprint density at radius 1 is 1.32 bits per heavy atom. The van der Waals surface area contributed by atoms with Gasteiger partial charge in [-0.3, -0.25) is 9.59 Å². The van der Waals surface area contributed by atoms with Gasteiger partial charge in [-0.2, -0.15) is 0 Å². The van der Waals surface area contributed by atoms with E-state index in [1.807, 2.05) is 6.92 Å². The number of rotatable bonds is 6. The third-order valence-electron chi connectivity index (χ3n) is 4.78. The smallest absolute Gasteiger partial charge is 0.342 e. The lowest BCUT2D eigenvalue weighted by Crippen LogP contribution is -2.46. The van der Waals surface area contributed by atoms with Crippen LogP contribution in [0.4, 0.5) is 5.00 Å². The zero-order chi connectivity index (χ0) is 21.2. The average molecular weight is 431 g/mol. The highest BCUT2D eigenvalue weighted by Gasteiger charge is 2.36. The van der Waals surface area contributed by atoms with Crippen molar-refractivity contribution in [2.75, 3.05) is 23.4 Å². The lowest BCUT2D eigenvalue weighted by atomic mass is 10.1. The maximum absolute atomic E-state index is 12.8. The molecule has 1 aromatic heterocycles. The predicted molar refractivity (Wildman–Crippen MR) is 107 cm³/mol. The van der Waals surface area contributed by atoms with Crippen LogP contribution in [-0.2, 0) is 24.2 Å². The number of amides is 2. The van der Waals surface area contributed by atoms with Crippen LogP contribution in [0, 0.1) is 13.8 Å². The van der Waals surface area contributed by atoms with Gasteiger partial charge < -0.3 is 15.0 Å². The Balaban J connectivity index is 2.15. The maximum Gasteiger partial charge on any atom is 0.342 e. The van der Waals surface area contributed by atoms with Crippen LogP contribution in [-0.4, -0.2) is 61.3 Å². The van der Waals surface area contributed by atoms with Gasteiger partial charge in [0, 0.05) is 24.4 Å². The largest absolute Gasteiger partial charge is 0.449 e. The second kappa shape index (κ2) is 8.60. The van der Waals surface area contributed by atoms with E-state index in [1.54, 1.807) is 13.8 Å². The number of nitrogens with one attached hydrogen (secondary N) is 1. The zero-order valence-electron chi connectivity index (χ0n) is 16.7. The number of ether oxygens (including phenoxy) is 1. The third-order valence-corrected chi connectivity index (χ3v) is 7.66. The molecule has 0 unspecified atom stereocenters. The van der Waals surface area contributed by atoms with E-state index < -0.39 is 33.9 Å². The van der Waals surface area contributed by atoms with Crippen molar-refractivity contribution in [1.82, 2.24) is 4.90 Å². The molecule has 10 heteroatoms. The van der Waals surface area contributed by atoms with Crippen molar-refractivity contribution >= 4 is 44.0 Å². The summed E-state index contributed by atoms with van der Waals surface area (Å²) in [4.78, 5) is 39.2. The molecule has 1 aliphatic heterocycles. The molecule has 2 rings (SSSR count). The number of aryl methyl sites for hydroxylation is 1. The molecule has 1 aliphatic rings. The number of sulfone groups is 1. The molecule has 2 amide bonds. The highest BCUT2D eigenvalue weighted by Crippen LogP contribution is 2.33. The Hall–Kier alpha value is -1.94. The summed E-state index contributed by atoms with van der Waals surface area (Å²) in [5, 5.41) is 3.01. The number of carbonyl (C=O) groups is 3. The molecule has 0 radical (unpaired) electrons. The van der Waals surface area contributed by atoms with Crippen LogP contribution >= 0.6 is 11.3 Å². The zero-order valence-corrected chi connectivity index (χ0v) is 18.3. The summed E-state index contributed by atoms with van der Waals surface area (Å²) in [6, 6.07) is -0.399. The molecule has 2 heterocycles. The Labute approximate surface area is 169 Å². The molecule has 0 aliphatic carbocycles. The molecule has 1 aromatic rings. The summed E-state index contributed by atoms with van der Waals surface area (Å²) in [5.41, 5.74) is 0.927. The molecule has 1 N–H and O–H groups in total. The molecule has 1 saturated heterocycles. The minimum atomic E-state index is -3.14. The van der Waals surface area contributed by atoms with Gasteiger partial charge in [-0.15, -0.1) is 11.3 Å². The van der Waals surface area contributed by atoms with Gasteiger partial charge in [-0.25, -0.2) is 13.2 Å². The summed E-state index contributed by atoms with van der Waals surface area (Å²) in [5.74, 6) is -1.43. The van der Waals surface area contributed by atoms with E-state index in [0.717, 1.165) is 4.88 Å². The van der Waals surface area contributed by atoms with E-state index in [0.29, 0.717) is 23.5 Å². The number of esters is 1. The molecule has 0 saturated carbocycles. The maximum atomic E-state index is 12.8. The summed E-state index contributed by atoms with van der Waals surface area (Å²) in [7, 11) is -3.14. The van der Waals surface area contributed by atoms with Crippen LogP contribution in [0.3, 0.4) is 0 Å². The molecule has 156 valence electrons. The van der Waals surface area contributed by atoms with Gasteiger partial charge >= 0.3 is 5.97 Å². The van der Waals surface area contributed by atoms with Crippen LogP contribution < -0.4 is 5.32 Å². The molecule has 0 spiro atoms. The van der Waals surface area contributed by atoms with Crippen LogP contribution in [0.1, 0.15) is 48.0 Å². The van der Waals surface area contributed by atoms with Gasteiger partial charge in [0.15, 0.2) is 15.9 Å². The number of hydrogen-bond acceptors (Lipinski definition) is 7. The molecule has 2 atom stereocenters. The number of carbonyl (C=O) groups excluding carboxylic acids is 3. The van der Waals surface area contributed by atoms with Crippen LogP contribution in [0.15, 0.2) is 0 Å². The molecule has 1 fully saturated rings. The molecular formula is C18H26N2O6S2. The van der Waals surface area contributed by atoms with E-state index in [4.69, 9.17) is 4.74 Å². The van der Waals surface area contributed by atoms with E-state index in [2.05, 4.69) is 5.32 Å². The number of thiophene rings is 1. The fourth-order valence-corrected chi connectivity index (χ4v) is 6.06. The Kier molecular flexibility index (Phi) is 6.87. The average Bonchev–Trinajstić information content (AvgIpc) is 3.06. The van der Waals surface area contributed by atoms with Gasteiger partial charge in [0.1, 0.15) is 5.00 Å². The molecule has 28 heavy (non-hydrogen) atoms. The number of hydrogen-bond donors (Lipinski definition) is 1. The summed E-state index contributed by atoms with van der Waals surface area (Å²) >= 11 is 1.27. The number of anilines is 1. The van der Waals surface area contributed by atoms with Gasteiger partial charge in [0.05, 0.1) is 17.1 Å². The van der Waals surface area contributed by atoms with Gasteiger partial charge in [-0.1, -0.05) is 0 Å². The quantitative estimate of drug-likeness (QED) is 0.691. The van der Waals surface area contributed by atoms with Crippen LogP contribution in [0.25, 0.3) is 0 Å². The Morgan fingerprint density at radius 3 is 2.46 bits per heavy atom. The van der Waals surface area contributed by atoms with Crippen molar-refractivity contribution < 1.29 is 27.5 Å². The van der Waals surface area contributed by atoms with Crippen molar-refractivity contribution in [3.05, 3.63) is 16.0 Å². The minimum absolute atomic E-state index is 0.0586. The third kappa shape index (κ3) is 4.91. The summed E-state index contributed by atoms with van der Waals surface area (Å²) < 4.78 is 28.8. The molecule has 8 nitrogen and oxygen atoms in total. The first-order valence-corrected chi connectivity index (χ1v) is 11.7. The first kappa shape index (κ1) is 22.4. The fraction of sp³-hybridized carbons (Fsp3) is 0.611. The molecular weight excluding hydrogens is 404 g/mol. The van der Waals surface area contributed by atoms with E-state index in [9.17, 15) is 22.8 Å². The predicted octanol–water partition coefficient (Wildman–Crippen LogP) is 1.90. The normalized spacial score (nSPS) is 19.1. The van der Waals surface area contributed by atoms with E-state index >= 15 is 0 Å². The van der Waals surface area contributed by atoms with Gasteiger partial charge in [0.25, 0.3) is 5.91 Å². The summed E-state index contributed by atoms with van der Waals surface area (Å²) in [6.45, 7) is 8.49. The monoisotopic (exact) mass is 430 g/mol. The topological polar surface area (TPSA) is 110 Å². The Bertz CT molecular complexity index is 890. The van der Waals surface area contributed by atoms with Crippen molar-refractivity contribution in [1.29, 1.82) is 0 Å². The first-order chi connectivity index (χ1) is 13.0. The minimum Gasteiger partial charge on any atom is -0.449 e. The van der Waals surface area contributed by atoms with Crippen LogP contribution in [0.2, 0.25) is 0 Å². The SMILES string of the molecule is CCN(C(=O)[C@@H](C)OC(=O)c1c(NC(C)=O)sc(C)c1C)[C@@H]1CCS(=O)(=O)C1. The lowest BCUT2D eigenvalue weighted by molar-refractivity contribution is -0.141. The highest BCUT2D eigenvalue weighted by molar-refractivity contribution is 7.91. The lowest BCUT2D eigenvalue weighted by Gasteiger charge is -2.29. The fourth-order valence-electron chi connectivity index (χ4n) is 3.24. The van der Waals surface area contributed by atoms with Crippen molar-refractivity contribution in [2.24, 2.45) is 0 Å². The van der Waals surface area contributed by atoms with Crippen molar-refractivity contribution in [3.63, 3.8) is 0 Å². The number of likely N-dealkylation sites (N-methyl/N-ethyl adjacent to an activating group) is 1. The first-order valence-electron chi connectivity index (χ1n) is 9.06. The molecule has 0 bridgehead atoms. The Morgan fingerprint density at radius 2 is 1.96 bits per heavy atom. The van der Waals surface area contributed by atoms with Crippen molar-refractivity contribution in [3.8, 4) is 0 Å². The van der Waals surface area contributed by atoms with Gasteiger partial charge in [0.2, 0.25) is 5.91 Å². The van der Waals surface area contributed by atoms with E-state index in [-0.39, 0.29) is 23.0 Å². The van der Waals surface area contributed by atoms with E-state index in [1.165, 1.54) is 30.1 Å². The van der Waals surface area contributed by atoms with Gasteiger partial charge in [-0.05, 0) is 39.7 Å². The van der Waals surface area contributed by atoms with Crippen molar-refractivity contribution in [2.45, 2.75) is 53.2 Å². The molecule has 0 aromatic carbocycles. The summed E-state index contributed by atoms with van der Waals surface area (Å²) in [6.07, 6.45) is -0.682. The number of nitrogens with zero attached hydrogens (tertiary/aromatic N) is 1.